The van der Waals surface area contributed by atoms with Crippen molar-refractivity contribution < 1.29 is 9.53 Å². The number of benzene rings is 1. The van der Waals surface area contributed by atoms with Crippen molar-refractivity contribution in [3.63, 3.8) is 0 Å². The molecule has 0 aliphatic rings. The first-order chi connectivity index (χ1) is 9.47. The molecule has 0 radical (unpaired) electrons. The number of ether oxygens (including phenoxy) is 1. The molecule has 0 fully saturated rings. The molecule has 0 unspecified atom stereocenters. The Kier molecular flexibility index (Phi) is 5.49. The molecule has 0 saturated carbocycles. The second kappa shape index (κ2) is 6.93. The van der Waals surface area contributed by atoms with E-state index >= 15 is 0 Å². The molecule has 104 valence electrons. The third-order valence-electron chi connectivity index (χ3n) is 2.40. The van der Waals surface area contributed by atoms with E-state index in [1.54, 1.807) is 12.1 Å². The topological polar surface area (TPSA) is 39.2 Å². The van der Waals surface area contributed by atoms with Crippen LogP contribution < -0.4 is 4.74 Å². The van der Waals surface area contributed by atoms with Crippen LogP contribution >= 0.6 is 56.1 Å². The fourth-order valence-electron chi connectivity index (χ4n) is 1.48. The van der Waals surface area contributed by atoms with Gasteiger partial charge in [0, 0.05) is 15.1 Å². The number of hydrogen-bond donors (Lipinski definition) is 1. The lowest BCUT2D eigenvalue weighted by molar-refractivity contribution is 0.108. The van der Waals surface area contributed by atoms with E-state index in [-0.39, 0.29) is 5.69 Å². The van der Waals surface area contributed by atoms with Gasteiger partial charge in [-0.2, -0.15) is 0 Å². The Hall–Kier alpha value is -0.560. The fraction of sp³-hybridized carbons (Fsp3) is 0.0769. The van der Waals surface area contributed by atoms with E-state index in [9.17, 15) is 4.79 Å². The SMILES string of the molecule is O=C(S)c1ncc(Br)cc1OCc1ccc(Cl)c(Br)c1. The van der Waals surface area contributed by atoms with Crippen LogP contribution in [0.3, 0.4) is 0 Å². The van der Waals surface area contributed by atoms with Crippen LogP contribution in [-0.4, -0.2) is 10.1 Å². The normalized spacial score (nSPS) is 10.4. The Morgan fingerprint density at radius 2 is 2.10 bits per heavy atom. The maximum Gasteiger partial charge on any atom is 0.238 e. The zero-order valence-corrected chi connectivity index (χ0v) is 14.8. The summed E-state index contributed by atoms with van der Waals surface area (Å²) in [5.74, 6) is 0.380. The number of carbonyl (C=O) groups is 1. The first-order valence-corrected chi connectivity index (χ1v) is 7.84. The smallest absolute Gasteiger partial charge is 0.238 e. The van der Waals surface area contributed by atoms with Crippen molar-refractivity contribution in [1.82, 2.24) is 4.98 Å². The van der Waals surface area contributed by atoms with E-state index in [0.717, 1.165) is 14.5 Å². The number of aromatic nitrogens is 1. The molecule has 0 N–H and O–H groups in total. The molecule has 0 aliphatic carbocycles. The number of hydrogen-bond acceptors (Lipinski definition) is 3. The van der Waals surface area contributed by atoms with Crippen molar-refractivity contribution >= 4 is 61.2 Å². The summed E-state index contributed by atoms with van der Waals surface area (Å²) in [5, 5.41) is 0.189. The number of rotatable bonds is 4. The standard InChI is InChI=1S/C13H8Br2ClNO2S/c14-8-4-11(12(13(18)20)17-5-8)19-6-7-1-2-10(16)9(15)3-7/h1-5H,6H2,(H,18,20). The molecule has 1 aromatic carbocycles. The van der Waals surface area contributed by atoms with Gasteiger partial charge in [-0.05, 0) is 55.6 Å². The summed E-state index contributed by atoms with van der Waals surface area (Å²) in [6, 6.07) is 7.16. The van der Waals surface area contributed by atoms with Gasteiger partial charge in [0.15, 0.2) is 11.4 Å². The lowest BCUT2D eigenvalue weighted by atomic mass is 10.2. The Balaban J connectivity index is 2.20. The number of carbonyl (C=O) groups excluding carboxylic acids is 1. The minimum atomic E-state index is -0.440. The van der Waals surface area contributed by atoms with E-state index in [1.807, 2.05) is 12.1 Å². The molecule has 1 aromatic heterocycles. The van der Waals surface area contributed by atoms with Gasteiger partial charge in [-0.3, -0.25) is 4.79 Å². The van der Waals surface area contributed by atoms with Gasteiger partial charge in [-0.25, -0.2) is 4.98 Å². The summed E-state index contributed by atoms with van der Waals surface area (Å²) >= 11 is 16.3. The van der Waals surface area contributed by atoms with Crippen molar-refractivity contribution in [1.29, 1.82) is 0 Å². The maximum absolute atomic E-state index is 11.4. The molecule has 7 heteroatoms. The highest BCUT2D eigenvalue weighted by molar-refractivity contribution is 9.10. The van der Waals surface area contributed by atoms with Gasteiger partial charge in [0.25, 0.3) is 0 Å². The number of thiol groups is 1. The van der Waals surface area contributed by atoms with Crippen molar-refractivity contribution in [3.05, 3.63) is 55.7 Å². The van der Waals surface area contributed by atoms with Crippen LogP contribution in [0.5, 0.6) is 5.75 Å². The van der Waals surface area contributed by atoms with Crippen LogP contribution in [-0.2, 0) is 6.61 Å². The summed E-state index contributed by atoms with van der Waals surface area (Å²) in [6.07, 6.45) is 1.52. The highest BCUT2D eigenvalue weighted by atomic mass is 79.9. The Morgan fingerprint density at radius 1 is 1.35 bits per heavy atom. The summed E-state index contributed by atoms with van der Waals surface area (Å²) in [4.78, 5) is 15.4. The minimum Gasteiger partial charge on any atom is -0.486 e. The Labute approximate surface area is 143 Å². The molecule has 1 heterocycles. The van der Waals surface area contributed by atoms with Crippen LogP contribution in [0.25, 0.3) is 0 Å². The van der Waals surface area contributed by atoms with Crippen molar-refractivity contribution in [2.75, 3.05) is 0 Å². The second-order valence-electron chi connectivity index (χ2n) is 3.84. The second-order valence-corrected chi connectivity index (χ2v) is 6.43. The maximum atomic E-state index is 11.4. The first kappa shape index (κ1) is 15.8. The van der Waals surface area contributed by atoms with Crippen LogP contribution in [0.4, 0.5) is 0 Å². The van der Waals surface area contributed by atoms with E-state index in [2.05, 4.69) is 49.5 Å². The van der Waals surface area contributed by atoms with Crippen molar-refractivity contribution in [2.24, 2.45) is 0 Å². The average molecular weight is 438 g/mol. The fourth-order valence-corrected chi connectivity index (χ4v) is 2.50. The van der Waals surface area contributed by atoms with Gasteiger partial charge in [-0.15, -0.1) is 0 Å². The zero-order chi connectivity index (χ0) is 14.7. The predicted molar refractivity (Wildman–Crippen MR) is 88.7 cm³/mol. The van der Waals surface area contributed by atoms with E-state index in [4.69, 9.17) is 16.3 Å². The number of pyridine rings is 1. The van der Waals surface area contributed by atoms with Gasteiger partial charge in [0.2, 0.25) is 5.12 Å². The molecule has 0 spiro atoms. The summed E-state index contributed by atoms with van der Waals surface area (Å²) in [6.45, 7) is 0.294. The van der Waals surface area contributed by atoms with E-state index < -0.39 is 5.12 Å². The molecule has 2 aromatic rings. The largest absolute Gasteiger partial charge is 0.486 e. The molecule has 0 atom stereocenters. The van der Waals surface area contributed by atoms with Crippen molar-refractivity contribution in [2.45, 2.75) is 6.61 Å². The quantitative estimate of drug-likeness (QED) is 0.691. The molecule has 0 saturated heterocycles. The number of nitrogens with zero attached hydrogens (tertiary/aromatic N) is 1. The van der Waals surface area contributed by atoms with Gasteiger partial charge < -0.3 is 4.74 Å². The van der Waals surface area contributed by atoms with Crippen LogP contribution in [0.1, 0.15) is 16.1 Å². The lowest BCUT2D eigenvalue weighted by Crippen LogP contribution is -2.03. The van der Waals surface area contributed by atoms with Gasteiger partial charge in [0.05, 0.1) is 5.02 Å². The minimum absolute atomic E-state index is 0.185. The third-order valence-corrected chi connectivity index (χ3v) is 4.26. The summed E-state index contributed by atoms with van der Waals surface area (Å²) < 4.78 is 7.15. The Morgan fingerprint density at radius 3 is 2.75 bits per heavy atom. The van der Waals surface area contributed by atoms with Crippen molar-refractivity contribution in [3.8, 4) is 5.75 Å². The van der Waals surface area contributed by atoms with Crippen LogP contribution in [0, 0.1) is 0 Å². The highest BCUT2D eigenvalue weighted by Crippen LogP contribution is 2.26. The predicted octanol–water partition coefficient (Wildman–Crippen LogP) is 4.91. The highest BCUT2D eigenvalue weighted by Gasteiger charge is 2.12. The molecule has 20 heavy (non-hydrogen) atoms. The van der Waals surface area contributed by atoms with Crippen LogP contribution in [0.2, 0.25) is 5.02 Å². The summed E-state index contributed by atoms with van der Waals surface area (Å²) in [7, 11) is 0. The summed E-state index contributed by atoms with van der Waals surface area (Å²) in [5.41, 5.74) is 1.10. The van der Waals surface area contributed by atoms with Gasteiger partial charge >= 0.3 is 0 Å². The molecule has 2 rings (SSSR count). The molecule has 3 nitrogen and oxygen atoms in total. The Bertz CT molecular complexity index is 667. The number of halogens is 3. The molecule has 0 bridgehead atoms. The van der Waals surface area contributed by atoms with E-state index in [0.29, 0.717) is 17.4 Å². The van der Waals surface area contributed by atoms with Gasteiger partial charge in [0.1, 0.15) is 6.61 Å². The molecular formula is C13H8Br2ClNO2S. The molecule has 0 amide bonds. The molecule has 0 aliphatic heterocycles. The van der Waals surface area contributed by atoms with E-state index in [1.165, 1.54) is 6.20 Å². The molecular weight excluding hydrogens is 429 g/mol. The monoisotopic (exact) mass is 435 g/mol. The third kappa shape index (κ3) is 3.97. The average Bonchev–Trinajstić information content (AvgIpc) is 2.40. The first-order valence-electron chi connectivity index (χ1n) is 5.43. The van der Waals surface area contributed by atoms with Gasteiger partial charge in [-0.1, -0.05) is 30.3 Å². The van der Waals surface area contributed by atoms with Crippen LogP contribution in [0.15, 0.2) is 39.4 Å². The lowest BCUT2D eigenvalue weighted by Gasteiger charge is -2.10. The zero-order valence-electron chi connectivity index (χ0n) is 9.94.